The first kappa shape index (κ1) is 11.9. The minimum Gasteiger partial charge on any atom is -0.385 e. The predicted octanol–water partition coefficient (Wildman–Crippen LogP) is 1.60. The number of aliphatic hydroxyl groups excluding tert-OH is 1. The average molecular weight is 207 g/mol. The van der Waals surface area contributed by atoms with Crippen LogP contribution in [0.5, 0.6) is 0 Å². The Balaban J connectivity index is 2.65. The molecule has 1 aromatic heterocycles. The molecule has 1 aromatic rings. The molecule has 0 bridgehead atoms. The van der Waals surface area contributed by atoms with Crippen LogP contribution in [-0.2, 0) is 11.2 Å². The number of Topliss-reactive ketones (excluding diaryl/α,β-unsaturated/α-hetero) is 1. The van der Waals surface area contributed by atoms with Crippen LogP contribution >= 0.6 is 0 Å². The van der Waals surface area contributed by atoms with Crippen molar-refractivity contribution in [2.45, 2.75) is 33.3 Å². The largest absolute Gasteiger partial charge is 0.385 e. The molecule has 0 aromatic carbocycles. The third kappa shape index (κ3) is 3.44. The molecule has 0 spiro atoms. The summed E-state index contributed by atoms with van der Waals surface area (Å²) in [5.74, 6) is -0.157. The van der Waals surface area contributed by atoms with E-state index in [1.807, 2.05) is 26.8 Å². The average Bonchev–Trinajstić information content (AvgIpc) is 2.16. The molecule has 1 rings (SSSR count). The van der Waals surface area contributed by atoms with Crippen molar-refractivity contribution in [3.63, 3.8) is 0 Å². The van der Waals surface area contributed by atoms with Crippen molar-refractivity contribution in [1.29, 1.82) is 0 Å². The zero-order chi connectivity index (χ0) is 11.5. The summed E-state index contributed by atoms with van der Waals surface area (Å²) < 4.78 is 0. The first-order chi connectivity index (χ1) is 6.91. The molecule has 82 valence electrons. The topological polar surface area (TPSA) is 50.2 Å². The second-order valence-electron chi connectivity index (χ2n) is 4.77. The van der Waals surface area contributed by atoms with E-state index < -0.39 is 11.5 Å². The van der Waals surface area contributed by atoms with Crippen LogP contribution in [-0.4, -0.2) is 22.0 Å². The van der Waals surface area contributed by atoms with Gasteiger partial charge in [0.1, 0.15) is 6.10 Å². The van der Waals surface area contributed by atoms with Crippen LogP contribution in [0.15, 0.2) is 24.5 Å². The van der Waals surface area contributed by atoms with E-state index in [4.69, 9.17) is 0 Å². The van der Waals surface area contributed by atoms with E-state index in [1.165, 1.54) is 0 Å². The van der Waals surface area contributed by atoms with Gasteiger partial charge in [-0.1, -0.05) is 26.8 Å². The second-order valence-corrected chi connectivity index (χ2v) is 4.77. The Labute approximate surface area is 90.2 Å². The van der Waals surface area contributed by atoms with Crippen LogP contribution in [0.25, 0.3) is 0 Å². The van der Waals surface area contributed by atoms with Gasteiger partial charge >= 0.3 is 0 Å². The zero-order valence-electron chi connectivity index (χ0n) is 9.40. The fraction of sp³-hybridized carbons (Fsp3) is 0.500. The number of pyridine rings is 1. The molecule has 1 N–H and O–H groups in total. The van der Waals surface area contributed by atoms with E-state index in [9.17, 15) is 9.90 Å². The summed E-state index contributed by atoms with van der Waals surface area (Å²) in [6.45, 7) is 5.54. The molecule has 0 aliphatic carbocycles. The number of carbonyl (C=O) groups excluding carboxylic acids is 1. The summed E-state index contributed by atoms with van der Waals surface area (Å²) in [4.78, 5) is 15.6. The Bertz CT molecular complexity index is 327. The summed E-state index contributed by atoms with van der Waals surface area (Å²) in [6, 6.07) is 3.62. The van der Waals surface area contributed by atoms with Crippen LogP contribution in [0.4, 0.5) is 0 Å². The Morgan fingerprint density at radius 2 is 2.20 bits per heavy atom. The minimum absolute atomic E-state index is 0.157. The summed E-state index contributed by atoms with van der Waals surface area (Å²) in [5, 5.41) is 9.75. The van der Waals surface area contributed by atoms with Crippen molar-refractivity contribution >= 4 is 5.78 Å². The molecule has 0 aliphatic rings. The van der Waals surface area contributed by atoms with Crippen molar-refractivity contribution in [2.75, 3.05) is 0 Å². The van der Waals surface area contributed by atoms with Gasteiger partial charge in [-0.2, -0.15) is 0 Å². The lowest BCUT2D eigenvalue weighted by Gasteiger charge is -2.24. The first-order valence-corrected chi connectivity index (χ1v) is 5.01. The standard InChI is InChI=1S/C12H17NO2/c1-12(2,3)11(15)10(14)7-9-5-4-6-13-8-9/h4-6,8,11,15H,7H2,1-3H3. The highest BCUT2D eigenvalue weighted by Gasteiger charge is 2.28. The smallest absolute Gasteiger partial charge is 0.166 e. The van der Waals surface area contributed by atoms with Crippen molar-refractivity contribution in [1.82, 2.24) is 4.98 Å². The molecule has 0 amide bonds. The molecule has 1 unspecified atom stereocenters. The molecule has 3 heteroatoms. The van der Waals surface area contributed by atoms with Crippen LogP contribution in [0.2, 0.25) is 0 Å². The lowest BCUT2D eigenvalue weighted by atomic mass is 9.85. The highest BCUT2D eigenvalue weighted by Crippen LogP contribution is 2.20. The van der Waals surface area contributed by atoms with E-state index in [1.54, 1.807) is 18.5 Å². The van der Waals surface area contributed by atoms with Crippen molar-refractivity contribution < 1.29 is 9.90 Å². The van der Waals surface area contributed by atoms with E-state index in [2.05, 4.69) is 4.98 Å². The monoisotopic (exact) mass is 207 g/mol. The van der Waals surface area contributed by atoms with Crippen LogP contribution in [0.3, 0.4) is 0 Å². The molecule has 0 radical (unpaired) electrons. The second kappa shape index (κ2) is 4.53. The maximum absolute atomic E-state index is 11.7. The van der Waals surface area contributed by atoms with E-state index in [0.717, 1.165) is 5.56 Å². The molecule has 1 heterocycles. The van der Waals surface area contributed by atoms with Crippen molar-refractivity contribution in [3.05, 3.63) is 30.1 Å². The molecular weight excluding hydrogens is 190 g/mol. The van der Waals surface area contributed by atoms with Gasteiger partial charge in [0.15, 0.2) is 5.78 Å². The summed E-state index contributed by atoms with van der Waals surface area (Å²) >= 11 is 0. The number of ketones is 1. The van der Waals surface area contributed by atoms with Gasteiger partial charge in [-0.25, -0.2) is 0 Å². The molecule has 15 heavy (non-hydrogen) atoms. The Kier molecular flexibility index (Phi) is 3.58. The molecule has 3 nitrogen and oxygen atoms in total. The maximum Gasteiger partial charge on any atom is 0.166 e. The van der Waals surface area contributed by atoms with Gasteiger partial charge in [0, 0.05) is 18.8 Å². The van der Waals surface area contributed by atoms with E-state index in [0.29, 0.717) is 0 Å². The SMILES string of the molecule is CC(C)(C)C(O)C(=O)Cc1cccnc1. The maximum atomic E-state index is 11.7. The molecule has 1 atom stereocenters. The number of nitrogens with zero attached hydrogens (tertiary/aromatic N) is 1. The van der Waals surface area contributed by atoms with Crippen LogP contribution in [0.1, 0.15) is 26.3 Å². The van der Waals surface area contributed by atoms with Gasteiger partial charge in [-0.3, -0.25) is 9.78 Å². The Hall–Kier alpha value is -1.22. The van der Waals surface area contributed by atoms with Crippen molar-refractivity contribution in [3.8, 4) is 0 Å². The molecular formula is C12H17NO2. The molecule has 0 aliphatic heterocycles. The zero-order valence-corrected chi connectivity index (χ0v) is 9.40. The van der Waals surface area contributed by atoms with Gasteiger partial charge in [-0.15, -0.1) is 0 Å². The first-order valence-electron chi connectivity index (χ1n) is 5.01. The van der Waals surface area contributed by atoms with Crippen LogP contribution < -0.4 is 0 Å². The molecule has 0 saturated heterocycles. The summed E-state index contributed by atoms with van der Waals surface area (Å²) in [6.07, 6.45) is 2.63. The van der Waals surface area contributed by atoms with E-state index in [-0.39, 0.29) is 12.2 Å². The quantitative estimate of drug-likeness (QED) is 0.819. The lowest BCUT2D eigenvalue weighted by molar-refractivity contribution is -0.131. The Morgan fingerprint density at radius 3 is 2.67 bits per heavy atom. The van der Waals surface area contributed by atoms with E-state index >= 15 is 0 Å². The number of aromatic nitrogens is 1. The van der Waals surface area contributed by atoms with Gasteiger partial charge in [0.25, 0.3) is 0 Å². The summed E-state index contributed by atoms with van der Waals surface area (Å²) in [7, 11) is 0. The number of hydrogen-bond acceptors (Lipinski definition) is 3. The minimum atomic E-state index is -0.919. The normalized spacial score (nSPS) is 13.6. The molecule has 0 fully saturated rings. The summed E-state index contributed by atoms with van der Waals surface area (Å²) in [5.41, 5.74) is 0.435. The number of aliphatic hydroxyl groups is 1. The third-order valence-corrected chi connectivity index (χ3v) is 2.23. The predicted molar refractivity (Wildman–Crippen MR) is 58.4 cm³/mol. The lowest BCUT2D eigenvalue weighted by Crippen LogP contribution is -2.35. The number of rotatable bonds is 3. The van der Waals surface area contributed by atoms with Gasteiger partial charge < -0.3 is 5.11 Å². The van der Waals surface area contributed by atoms with Gasteiger partial charge in [0.2, 0.25) is 0 Å². The number of carbonyl (C=O) groups is 1. The Morgan fingerprint density at radius 1 is 1.53 bits per heavy atom. The fourth-order valence-corrected chi connectivity index (χ4v) is 1.28. The molecule has 0 saturated carbocycles. The number of hydrogen-bond donors (Lipinski definition) is 1. The fourth-order valence-electron chi connectivity index (χ4n) is 1.28. The highest BCUT2D eigenvalue weighted by molar-refractivity contribution is 5.85. The third-order valence-electron chi connectivity index (χ3n) is 2.23. The highest BCUT2D eigenvalue weighted by atomic mass is 16.3. The van der Waals surface area contributed by atoms with Gasteiger partial charge in [0.05, 0.1) is 0 Å². The van der Waals surface area contributed by atoms with Gasteiger partial charge in [-0.05, 0) is 17.0 Å². The van der Waals surface area contributed by atoms with Crippen molar-refractivity contribution in [2.24, 2.45) is 5.41 Å². The van der Waals surface area contributed by atoms with Crippen LogP contribution in [0, 0.1) is 5.41 Å².